The molecule has 1 aromatic rings. The fraction of sp³-hybridized carbons (Fsp3) is 0.615. The number of rotatable bonds is 11. The van der Waals surface area contributed by atoms with Crippen molar-refractivity contribution in [2.24, 2.45) is 11.7 Å². The highest BCUT2D eigenvalue weighted by atomic mass is 16.6. The van der Waals surface area contributed by atoms with Crippen LogP contribution in [0.25, 0.3) is 0 Å². The maximum atomic E-state index is 13.1. The molecule has 1 saturated carbocycles. The van der Waals surface area contributed by atoms with E-state index in [1.54, 1.807) is 20.8 Å². The fourth-order valence-corrected chi connectivity index (χ4v) is 4.18. The van der Waals surface area contributed by atoms with Gasteiger partial charge in [-0.25, -0.2) is 4.79 Å². The largest absolute Gasteiger partial charge is 0.444 e. The molecule has 0 spiro atoms. The predicted molar refractivity (Wildman–Crippen MR) is 135 cm³/mol. The van der Waals surface area contributed by atoms with Crippen LogP contribution in [0.3, 0.4) is 0 Å². The number of carbonyl (C=O) groups excluding carboxylic acids is 4. The molecule has 0 bridgehead atoms. The minimum Gasteiger partial charge on any atom is -0.444 e. The molecule has 0 aliphatic heterocycles. The summed E-state index contributed by atoms with van der Waals surface area (Å²) in [5.41, 5.74) is 5.25. The van der Waals surface area contributed by atoms with Gasteiger partial charge in [0.25, 0.3) is 5.91 Å². The molecule has 10 nitrogen and oxygen atoms in total. The summed E-state index contributed by atoms with van der Waals surface area (Å²) in [5.74, 6) is -1.79. The van der Waals surface area contributed by atoms with E-state index in [4.69, 9.17) is 10.5 Å². The van der Waals surface area contributed by atoms with Crippen molar-refractivity contribution in [3.63, 3.8) is 0 Å². The number of primary amides is 1. The number of hydrogen-bond acceptors (Lipinski definition) is 6. The maximum absolute atomic E-state index is 13.1. The molecule has 1 aromatic carbocycles. The van der Waals surface area contributed by atoms with Crippen LogP contribution < -0.4 is 21.7 Å². The normalized spacial score (nSPS) is 16.8. The van der Waals surface area contributed by atoms with Gasteiger partial charge in [-0.1, -0.05) is 49.6 Å². The number of alkyl carbamates (subject to hydrolysis) is 1. The zero-order valence-electron chi connectivity index (χ0n) is 21.4. The zero-order chi connectivity index (χ0) is 26.7. The summed E-state index contributed by atoms with van der Waals surface area (Å²) < 4.78 is 5.18. The second kappa shape index (κ2) is 13.8. The van der Waals surface area contributed by atoms with Gasteiger partial charge in [0.1, 0.15) is 11.6 Å². The lowest BCUT2D eigenvalue weighted by Gasteiger charge is -2.28. The van der Waals surface area contributed by atoms with E-state index >= 15 is 0 Å². The Balaban J connectivity index is 2.12. The van der Waals surface area contributed by atoms with Gasteiger partial charge < -0.3 is 31.5 Å². The lowest BCUT2D eigenvalue weighted by atomic mass is 9.89. The predicted octanol–water partition coefficient (Wildman–Crippen LogP) is 1.54. The van der Waals surface area contributed by atoms with Gasteiger partial charge in [0, 0.05) is 6.54 Å². The number of aliphatic hydroxyl groups excluding tert-OH is 1. The summed E-state index contributed by atoms with van der Waals surface area (Å²) in [6.45, 7) is 5.45. The van der Waals surface area contributed by atoms with Crippen molar-refractivity contribution < 1.29 is 29.0 Å². The summed E-state index contributed by atoms with van der Waals surface area (Å²) >= 11 is 0. The van der Waals surface area contributed by atoms with E-state index in [1.165, 1.54) is 6.42 Å². The third-order valence-electron chi connectivity index (χ3n) is 5.98. The topological polar surface area (TPSA) is 160 Å². The summed E-state index contributed by atoms with van der Waals surface area (Å²) in [4.78, 5) is 49.7. The Bertz CT molecular complexity index is 880. The van der Waals surface area contributed by atoms with Crippen LogP contribution in [0, 0.1) is 5.92 Å². The molecule has 0 heterocycles. The zero-order valence-corrected chi connectivity index (χ0v) is 21.4. The van der Waals surface area contributed by atoms with Crippen molar-refractivity contribution in [1.82, 2.24) is 16.0 Å². The Morgan fingerprint density at radius 2 is 1.67 bits per heavy atom. The van der Waals surface area contributed by atoms with Gasteiger partial charge >= 0.3 is 6.09 Å². The molecule has 3 atom stereocenters. The first-order valence-corrected chi connectivity index (χ1v) is 12.5. The molecule has 200 valence electrons. The van der Waals surface area contributed by atoms with E-state index in [1.807, 2.05) is 30.3 Å². The maximum Gasteiger partial charge on any atom is 0.408 e. The van der Waals surface area contributed by atoms with Gasteiger partial charge in [0.05, 0.1) is 12.5 Å². The first-order chi connectivity index (χ1) is 16.9. The van der Waals surface area contributed by atoms with Crippen molar-refractivity contribution in [3.8, 4) is 0 Å². The third-order valence-corrected chi connectivity index (χ3v) is 5.98. The van der Waals surface area contributed by atoms with E-state index in [9.17, 15) is 24.3 Å². The molecule has 1 fully saturated rings. The molecule has 10 heteroatoms. The van der Waals surface area contributed by atoms with Crippen LogP contribution in [-0.4, -0.2) is 59.3 Å². The number of carbonyl (C=O) groups is 4. The smallest absolute Gasteiger partial charge is 0.408 e. The number of ether oxygens (including phenoxy) is 1. The minimum atomic E-state index is -1.55. The second-order valence-corrected chi connectivity index (χ2v) is 10.4. The number of benzene rings is 1. The van der Waals surface area contributed by atoms with Crippen molar-refractivity contribution >= 4 is 23.8 Å². The van der Waals surface area contributed by atoms with Gasteiger partial charge in [0.2, 0.25) is 11.8 Å². The number of aliphatic hydroxyl groups is 1. The molecule has 0 aromatic heterocycles. The lowest BCUT2D eigenvalue weighted by molar-refractivity contribution is -0.133. The fourth-order valence-electron chi connectivity index (χ4n) is 4.18. The molecule has 0 unspecified atom stereocenters. The summed E-state index contributed by atoms with van der Waals surface area (Å²) in [6, 6.07) is 6.72. The van der Waals surface area contributed by atoms with Crippen LogP contribution in [-0.2, 0) is 25.5 Å². The van der Waals surface area contributed by atoms with E-state index in [0.29, 0.717) is 12.5 Å². The average molecular weight is 505 g/mol. The van der Waals surface area contributed by atoms with Gasteiger partial charge in [-0.2, -0.15) is 0 Å². The van der Waals surface area contributed by atoms with Gasteiger partial charge in [-0.15, -0.1) is 0 Å². The molecular weight excluding hydrogens is 464 g/mol. The molecular formula is C26H40N4O6. The van der Waals surface area contributed by atoms with E-state index in [2.05, 4.69) is 16.0 Å². The van der Waals surface area contributed by atoms with E-state index in [0.717, 1.165) is 31.2 Å². The standard InChI is InChI=1S/C26H40N4O6/c1-26(2,3)36-25(35)30-20(15-21(27)31)23(33)29-19(14-17-10-6-4-7-11-17)22(32)24(34)28-16-18-12-8-5-9-13-18/h4,6-7,10-11,18-20,22,32H,5,8-9,12-16H2,1-3H3,(H2,27,31)(H,28,34)(H,29,33)(H,30,35)/t19-,20-,22-/m0/s1. The Kier molecular flexibility index (Phi) is 11.2. The van der Waals surface area contributed by atoms with Crippen LogP contribution in [0.15, 0.2) is 30.3 Å². The van der Waals surface area contributed by atoms with Crippen LogP contribution >= 0.6 is 0 Å². The lowest BCUT2D eigenvalue weighted by Crippen LogP contribution is -2.57. The van der Waals surface area contributed by atoms with Crippen LogP contribution in [0.1, 0.15) is 64.9 Å². The van der Waals surface area contributed by atoms with Crippen LogP contribution in [0.2, 0.25) is 0 Å². The third kappa shape index (κ3) is 10.6. The van der Waals surface area contributed by atoms with Crippen LogP contribution in [0.4, 0.5) is 4.79 Å². The number of hydrogen-bond donors (Lipinski definition) is 5. The molecule has 1 aliphatic carbocycles. The molecule has 36 heavy (non-hydrogen) atoms. The Morgan fingerprint density at radius 1 is 1.03 bits per heavy atom. The van der Waals surface area contributed by atoms with Gasteiger partial charge in [0.15, 0.2) is 6.10 Å². The summed E-state index contributed by atoms with van der Waals surface area (Å²) in [6.07, 6.45) is 2.75. The Morgan fingerprint density at radius 3 is 2.25 bits per heavy atom. The molecule has 0 radical (unpaired) electrons. The molecule has 2 rings (SSSR count). The summed E-state index contributed by atoms with van der Waals surface area (Å²) in [5, 5.41) is 18.7. The molecule has 6 N–H and O–H groups in total. The van der Waals surface area contributed by atoms with Crippen LogP contribution in [0.5, 0.6) is 0 Å². The second-order valence-electron chi connectivity index (χ2n) is 10.4. The number of nitrogens with one attached hydrogen (secondary N) is 3. The van der Waals surface area contributed by atoms with Crippen molar-refractivity contribution in [3.05, 3.63) is 35.9 Å². The Labute approximate surface area is 212 Å². The highest BCUT2D eigenvalue weighted by molar-refractivity contribution is 5.91. The van der Waals surface area contributed by atoms with Crippen molar-refractivity contribution in [2.75, 3.05) is 6.54 Å². The average Bonchev–Trinajstić information content (AvgIpc) is 2.81. The number of nitrogens with two attached hydrogens (primary N) is 1. The number of amides is 4. The SMILES string of the molecule is CC(C)(C)OC(=O)N[C@@H](CC(N)=O)C(=O)N[C@@H](Cc1ccccc1)[C@H](O)C(=O)NCC1CCCCC1. The molecule has 0 saturated heterocycles. The van der Waals surface area contributed by atoms with E-state index < -0.39 is 54.0 Å². The first kappa shape index (κ1) is 29.1. The minimum absolute atomic E-state index is 0.153. The summed E-state index contributed by atoms with van der Waals surface area (Å²) in [7, 11) is 0. The van der Waals surface area contributed by atoms with Crippen molar-refractivity contribution in [1.29, 1.82) is 0 Å². The molecule has 1 aliphatic rings. The van der Waals surface area contributed by atoms with Crippen molar-refractivity contribution in [2.45, 2.75) is 89.5 Å². The Hall–Kier alpha value is -3.14. The monoisotopic (exact) mass is 504 g/mol. The molecule has 4 amide bonds. The first-order valence-electron chi connectivity index (χ1n) is 12.5. The van der Waals surface area contributed by atoms with Gasteiger partial charge in [-0.05, 0) is 51.5 Å². The van der Waals surface area contributed by atoms with Gasteiger partial charge in [-0.3, -0.25) is 14.4 Å². The quantitative estimate of drug-likeness (QED) is 0.307. The highest BCUT2D eigenvalue weighted by Crippen LogP contribution is 2.22. The highest BCUT2D eigenvalue weighted by Gasteiger charge is 2.32. The van der Waals surface area contributed by atoms with E-state index in [-0.39, 0.29) is 6.42 Å².